The largest absolute Gasteiger partial charge is 0.508 e. The van der Waals surface area contributed by atoms with Gasteiger partial charge in [0.25, 0.3) is 0 Å². The highest BCUT2D eigenvalue weighted by molar-refractivity contribution is 5.92. The highest BCUT2D eigenvalue weighted by Crippen LogP contribution is 2.34. The Morgan fingerprint density at radius 3 is 2.52 bits per heavy atom. The first-order valence-corrected chi connectivity index (χ1v) is 7.66. The van der Waals surface area contributed by atoms with E-state index in [1.165, 1.54) is 0 Å². The Labute approximate surface area is 126 Å². The van der Waals surface area contributed by atoms with Crippen LogP contribution in [0.25, 0.3) is 0 Å². The number of carbonyl (C=O) groups is 1. The van der Waals surface area contributed by atoms with Gasteiger partial charge in [-0.15, -0.1) is 0 Å². The van der Waals surface area contributed by atoms with Gasteiger partial charge in [0.05, 0.1) is 12.0 Å². The molecule has 1 aliphatic rings. The maximum Gasteiger partial charge on any atom is 0.227 e. The molecular formula is C17H25NO3. The molecule has 116 valence electrons. The number of hydrogen-bond acceptors (Lipinski definition) is 3. The lowest BCUT2D eigenvalue weighted by atomic mass is 9.96. The molecule has 0 aliphatic heterocycles. The SMILES string of the molecule is Cc1cc(O)c(C(C)C)cc1NC(=O)CC1(O)CCCC1. The number of phenols is 1. The van der Waals surface area contributed by atoms with Gasteiger partial charge in [0.15, 0.2) is 0 Å². The Bertz CT molecular complexity index is 531. The van der Waals surface area contributed by atoms with E-state index in [1.54, 1.807) is 6.07 Å². The van der Waals surface area contributed by atoms with Gasteiger partial charge in [-0.1, -0.05) is 26.7 Å². The number of nitrogens with one attached hydrogen (secondary N) is 1. The first-order valence-electron chi connectivity index (χ1n) is 7.66. The molecule has 1 aromatic carbocycles. The van der Waals surface area contributed by atoms with E-state index in [-0.39, 0.29) is 24.0 Å². The number of rotatable bonds is 4. The van der Waals surface area contributed by atoms with Crippen molar-refractivity contribution in [3.05, 3.63) is 23.3 Å². The summed E-state index contributed by atoms with van der Waals surface area (Å²) >= 11 is 0. The molecule has 21 heavy (non-hydrogen) atoms. The number of carbonyl (C=O) groups excluding carboxylic acids is 1. The van der Waals surface area contributed by atoms with Crippen molar-refractivity contribution in [1.29, 1.82) is 0 Å². The zero-order valence-corrected chi connectivity index (χ0v) is 13.1. The lowest BCUT2D eigenvalue weighted by Crippen LogP contribution is -2.30. The van der Waals surface area contributed by atoms with Crippen LogP contribution in [0.3, 0.4) is 0 Å². The van der Waals surface area contributed by atoms with Crippen LogP contribution in [0.15, 0.2) is 12.1 Å². The number of aliphatic hydroxyl groups is 1. The van der Waals surface area contributed by atoms with Crippen LogP contribution in [0.1, 0.15) is 63.0 Å². The number of aryl methyl sites for hydroxylation is 1. The van der Waals surface area contributed by atoms with E-state index in [9.17, 15) is 15.0 Å². The molecule has 0 spiro atoms. The van der Waals surface area contributed by atoms with Crippen LogP contribution in [0.2, 0.25) is 0 Å². The molecule has 4 heteroatoms. The number of hydrogen-bond donors (Lipinski definition) is 3. The second kappa shape index (κ2) is 6.06. The third kappa shape index (κ3) is 3.76. The van der Waals surface area contributed by atoms with Crippen molar-refractivity contribution in [3.63, 3.8) is 0 Å². The predicted octanol–water partition coefficient (Wildman–Crippen LogP) is 3.46. The molecule has 2 rings (SSSR count). The summed E-state index contributed by atoms with van der Waals surface area (Å²) in [5.41, 5.74) is 1.51. The van der Waals surface area contributed by atoms with E-state index in [1.807, 2.05) is 26.8 Å². The summed E-state index contributed by atoms with van der Waals surface area (Å²) < 4.78 is 0. The van der Waals surface area contributed by atoms with Crippen molar-refractivity contribution in [1.82, 2.24) is 0 Å². The Kier molecular flexibility index (Phi) is 4.57. The number of benzene rings is 1. The molecule has 1 amide bonds. The van der Waals surface area contributed by atoms with Crippen molar-refractivity contribution >= 4 is 11.6 Å². The Hall–Kier alpha value is -1.55. The van der Waals surface area contributed by atoms with Gasteiger partial charge in [0.2, 0.25) is 5.91 Å². The molecule has 0 unspecified atom stereocenters. The first kappa shape index (κ1) is 15.8. The second-order valence-electron chi connectivity index (χ2n) is 6.54. The molecule has 0 bridgehead atoms. The minimum atomic E-state index is -0.838. The quantitative estimate of drug-likeness (QED) is 0.744. The van der Waals surface area contributed by atoms with Crippen LogP contribution in [0.5, 0.6) is 5.75 Å². The topological polar surface area (TPSA) is 69.6 Å². The van der Waals surface area contributed by atoms with E-state index in [0.29, 0.717) is 18.5 Å². The predicted molar refractivity (Wildman–Crippen MR) is 83.6 cm³/mol. The monoisotopic (exact) mass is 291 g/mol. The zero-order valence-electron chi connectivity index (χ0n) is 13.1. The van der Waals surface area contributed by atoms with E-state index in [0.717, 1.165) is 24.0 Å². The molecule has 4 nitrogen and oxygen atoms in total. The molecule has 0 heterocycles. The van der Waals surface area contributed by atoms with E-state index in [4.69, 9.17) is 0 Å². The van der Waals surface area contributed by atoms with Gasteiger partial charge in [-0.3, -0.25) is 4.79 Å². The summed E-state index contributed by atoms with van der Waals surface area (Å²) in [4.78, 5) is 12.2. The molecule has 0 saturated heterocycles. The molecule has 0 atom stereocenters. The zero-order chi connectivity index (χ0) is 15.6. The molecule has 1 saturated carbocycles. The average molecular weight is 291 g/mol. The number of anilines is 1. The van der Waals surface area contributed by atoms with Crippen molar-refractivity contribution in [2.24, 2.45) is 0 Å². The van der Waals surface area contributed by atoms with Crippen molar-refractivity contribution in [2.75, 3.05) is 5.32 Å². The fourth-order valence-corrected chi connectivity index (χ4v) is 3.01. The molecule has 0 aromatic heterocycles. The van der Waals surface area contributed by atoms with Crippen LogP contribution in [0.4, 0.5) is 5.69 Å². The van der Waals surface area contributed by atoms with Gasteiger partial charge in [-0.05, 0) is 48.9 Å². The number of amides is 1. The van der Waals surface area contributed by atoms with Crippen LogP contribution >= 0.6 is 0 Å². The maximum absolute atomic E-state index is 12.2. The van der Waals surface area contributed by atoms with Crippen LogP contribution in [-0.2, 0) is 4.79 Å². The molecule has 1 aromatic rings. The lowest BCUT2D eigenvalue weighted by molar-refractivity contribution is -0.120. The number of aromatic hydroxyl groups is 1. The number of phenolic OH excluding ortho intramolecular Hbond substituents is 1. The smallest absolute Gasteiger partial charge is 0.227 e. The minimum absolute atomic E-state index is 0.143. The van der Waals surface area contributed by atoms with Crippen LogP contribution in [-0.4, -0.2) is 21.7 Å². The first-order chi connectivity index (χ1) is 9.81. The van der Waals surface area contributed by atoms with Crippen molar-refractivity contribution < 1.29 is 15.0 Å². The van der Waals surface area contributed by atoms with Crippen molar-refractivity contribution in [2.45, 2.75) is 64.4 Å². The Morgan fingerprint density at radius 2 is 1.95 bits per heavy atom. The van der Waals surface area contributed by atoms with Gasteiger partial charge in [0, 0.05) is 5.69 Å². The summed E-state index contributed by atoms with van der Waals surface area (Å²) in [6, 6.07) is 3.50. The van der Waals surface area contributed by atoms with E-state index >= 15 is 0 Å². The molecule has 1 aliphatic carbocycles. The summed E-state index contributed by atoms with van der Waals surface area (Å²) in [5, 5.41) is 23.1. The Balaban J connectivity index is 2.11. The van der Waals surface area contributed by atoms with Gasteiger partial charge < -0.3 is 15.5 Å². The average Bonchev–Trinajstić information content (AvgIpc) is 2.78. The fraction of sp³-hybridized carbons (Fsp3) is 0.588. The molecule has 0 radical (unpaired) electrons. The third-order valence-electron chi connectivity index (χ3n) is 4.29. The maximum atomic E-state index is 12.2. The molecule has 3 N–H and O–H groups in total. The van der Waals surface area contributed by atoms with E-state index in [2.05, 4.69) is 5.32 Å². The summed E-state index contributed by atoms with van der Waals surface area (Å²) in [7, 11) is 0. The van der Waals surface area contributed by atoms with Gasteiger partial charge in [-0.2, -0.15) is 0 Å². The van der Waals surface area contributed by atoms with Gasteiger partial charge in [-0.25, -0.2) is 0 Å². The standard InChI is InChI=1S/C17H25NO3/c1-11(2)13-9-14(12(3)8-15(13)19)18-16(20)10-17(21)6-4-5-7-17/h8-9,11,19,21H,4-7,10H2,1-3H3,(H,18,20). The van der Waals surface area contributed by atoms with Crippen molar-refractivity contribution in [3.8, 4) is 5.75 Å². The minimum Gasteiger partial charge on any atom is -0.508 e. The summed E-state index contributed by atoms with van der Waals surface area (Å²) in [5.74, 6) is 0.276. The van der Waals surface area contributed by atoms with Crippen LogP contribution in [0, 0.1) is 6.92 Å². The van der Waals surface area contributed by atoms with E-state index < -0.39 is 5.60 Å². The highest BCUT2D eigenvalue weighted by atomic mass is 16.3. The lowest BCUT2D eigenvalue weighted by Gasteiger charge is -2.22. The molecule has 1 fully saturated rings. The van der Waals surface area contributed by atoms with Gasteiger partial charge in [0.1, 0.15) is 5.75 Å². The third-order valence-corrected chi connectivity index (χ3v) is 4.29. The Morgan fingerprint density at radius 1 is 1.33 bits per heavy atom. The van der Waals surface area contributed by atoms with Gasteiger partial charge >= 0.3 is 0 Å². The summed E-state index contributed by atoms with van der Waals surface area (Å²) in [6.07, 6.45) is 3.52. The second-order valence-corrected chi connectivity index (χ2v) is 6.54. The highest BCUT2D eigenvalue weighted by Gasteiger charge is 2.33. The normalized spacial score (nSPS) is 17.2. The molecular weight excluding hydrogens is 266 g/mol. The van der Waals surface area contributed by atoms with Crippen LogP contribution < -0.4 is 5.32 Å². The summed E-state index contributed by atoms with van der Waals surface area (Å²) in [6.45, 7) is 5.85. The fourth-order valence-electron chi connectivity index (χ4n) is 3.01.